The van der Waals surface area contributed by atoms with E-state index in [2.05, 4.69) is 23.8 Å². The zero-order valence-electron chi connectivity index (χ0n) is 12.7. The Hall–Kier alpha value is -1.45. The Balaban J connectivity index is 1.75. The number of aromatic nitrogens is 2. The van der Waals surface area contributed by atoms with E-state index in [-0.39, 0.29) is 11.0 Å². The summed E-state index contributed by atoms with van der Waals surface area (Å²) in [6, 6.07) is 0. The standard InChI is InChI=1S/C17H22N2O2/c1-15-3-11-4-16(2,8-15)10-17(5-11,9-15)14-18-6-12(7-19-14)13(20)21/h6-7,11H,3-5,8-10H2,1-2H3,(H,20,21). The molecular formula is C17H22N2O2. The monoisotopic (exact) mass is 286 g/mol. The summed E-state index contributed by atoms with van der Waals surface area (Å²) < 4.78 is 0. The van der Waals surface area contributed by atoms with Crippen LogP contribution in [-0.4, -0.2) is 21.0 Å². The van der Waals surface area contributed by atoms with E-state index in [4.69, 9.17) is 5.11 Å². The smallest absolute Gasteiger partial charge is 0.338 e. The van der Waals surface area contributed by atoms with Crippen LogP contribution in [0.3, 0.4) is 0 Å². The second kappa shape index (κ2) is 3.84. The molecule has 4 aliphatic carbocycles. The number of carboxylic acids is 1. The number of nitrogens with zero attached hydrogens (tertiary/aromatic N) is 2. The largest absolute Gasteiger partial charge is 0.478 e. The number of hydrogen-bond acceptors (Lipinski definition) is 3. The summed E-state index contributed by atoms with van der Waals surface area (Å²) >= 11 is 0. The van der Waals surface area contributed by atoms with Crippen molar-refractivity contribution in [3.05, 3.63) is 23.8 Å². The highest BCUT2D eigenvalue weighted by atomic mass is 16.4. The lowest BCUT2D eigenvalue weighted by atomic mass is 9.40. The third kappa shape index (κ3) is 1.91. The van der Waals surface area contributed by atoms with Crippen molar-refractivity contribution in [1.29, 1.82) is 0 Å². The molecule has 4 nitrogen and oxygen atoms in total. The highest BCUT2D eigenvalue weighted by Crippen LogP contribution is 2.69. The lowest BCUT2D eigenvalue weighted by molar-refractivity contribution is -0.112. The fourth-order valence-corrected chi connectivity index (χ4v) is 6.41. The number of carbonyl (C=O) groups is 1. The molecule has 21 heavy (non-hydrogen) atoms. The summed E-state index contributed by atoms with van der Waals surface area (Å²) in [4.78, 5) is 19.9. The van der Waals surface area contributed by atoms with Crippen LogP contribution in [0.1, 0.15) is 68.6 Å². The van der Waals surface area contributed by atoms with Crippen LogP contribution >= 0.6 is 0 Å². The van der Waals surface area contributed by atoms with Gasteiger partial charge in [-0.3, -0.25) is 0 Å². The summed E-state index contributed by atoms with van der Waals surface area (Å²) in [5, 5.41) is 9.01. The summed E-state index contributed by atoms with van der Waals surface area (Å²) in [6.07, 6.45) is 10.5. The van der Waals surface area contributed by atoms with Gasteiger partial charge in [0.1, 0.15) is 5.82 Å². The molecule has 1 heterocycles. The van der Waals surface area contributed by atoms with Gasteiger partial charge in [0.05, 0.1) is 5.56 Å². The minimum atomic E-state index is -0.953. The Morgan fingerprint density at radius 2 is 1.67 bits per heavy atom. The van der Waals surface area contributed by atoms with Crippen LogP contribution in [0.25, 0.3) is 0 Å². The molecule has 1 N–H and O–H groups in total. The van der Waals surface area contributed by atoms with Gasteiger partial charge in [-0.05, 0) is 55.3 Å². The molecule has 4 fully saturated rings. The molecule has 4 bridgehead atoms. The maximum atomic E-state index is 11.0. The van der Waals surface area contributed by atoms with E-state index in [0.29, 0.717) is 10.8 Å². The van der Waals surface area contributed by atoms with Crippen LogP contribution in [0, 0.1) is 16.7 Å². The van der Waals surface area contributed by atoms with Gasteiger partial charge in [0.2, 0.25) is 0 Å². The normalized spacial score (nSPS) is 44.0. The fraction of sp³-hybridized carbons (Fsp3) is 0.706. The van der Waals surface area contributed by atoms with Gasteiger partial charge >= 0.3 is 5.97 Å². The van der Waals surface area contributed by atoms with Crippen molar-refractivity contribution < 1.29 is 9.90 Å². The minimum Gasteiger partial charge on any atom is -0.478 e. The first-order chi connectivity index (χ1) is 9.82. The van der Waals surface area contributed by atoms with Gasteiger partial charge in [-0.2, -0.15) is 0 Å². The van der Waals surface area contributed by atoms with Gasteiger partial charge in [0.15, 0.2) is 0 Å². The third-order valence-electron chi connectivity index (χ3n) is 6.00. The van der Waals surface area contributed by atoms with Crippen LogP contribution in [0.4, 0.5) is 0 Å². The van der Waals surface area contributed by atoms with E-state index in [9.17, 15) is 4.79 Å². The van der Waals surface area contributed by atoms with Gasteiger partial charge in [0.25, 0.3) is 0 Å². The second-order valence-corrected chi connectivity index (χ2v) is 8.51. The van der Waals surface area contributed by atoms with Crippen LogP contribution in [0.5, 0.6) is 0 Å². The Bertz CT molecular complexity index is 592. The van der Waals surface area contributed by atoms with E-state index >= 15 is 0 Å². The summed E-state index contributed by atoms with van der Waals surface area (Å²) in [6.45, 7) is 4.85. The highest BCUT2D eigenvalue weighted by molar-refractivity contribution is 5.86. The zero-order chi connectivity index (χ0) is 14.9. The molecule has 1 aromatic rings. The molecule has 4 aliphatic rings. The summed E-state index contributed by atoms with van der Waals surface area (Å²) in [5.74, 6) is 0.721. The van der Waals surface area contributed by atoms with Crippen LogP contribution in [0.2, 0.25) is 0 Å². The van der Waals surface area contributed by atoms with Gasteiger partial charge in [-0.1, -0.05) is 13.8 Å². The van der Waals surface area contributed by atoms with Crippen LogP contribution < -0.4 is 0 Å². The number of hydrogen-bond donors (Lipinski definition) is 1. The van der Waals surface area contributed by atoms with Gasteiger partial charge < -0.3 is 5.11 Å². The average Bonchev–Trinajstić information content (AvgIpc) is 2.34. The molecule has 0 aliphatic heterocycles. The van der Waals surface area contributed by atoms with Gasteiger partial charge in [-0.25, -0.2) is 14.8 Å². The molecule has 0 amide bonds. The quantitative estimate of drug-likeness (QED) is 0.904. The van der Waals surface area contributed by atoms with Crippen molar-refractivity contribution in [2.45, 2.75) is 57.8 Å². The highest BCUT2D eigenvalue weighted by Gasteiger charge is 2.61. The van der Waals surface area contributed by atoms with Crippen LogP contribution in [-0.2, 0) is 5.41 Å². The first-order valence-corrected chi connectivity index (χ1v) is 7.88. The van der Waals surface area contributed by atoms with Crippen LogP contribution in [0.15, 0.2) is 12.4 Å². The molecular weight excluding hydrogens is 264 g/mol. The van der Waals surface area contributed by atoms with Crippen molar-refractivity contribution >= 4 is 5.97 Å². The van der Waals surface area contributed by atoms with Gasteiger partial charge in [0, 0.05) is 17.8 Å². The molecule has 2 unspecified atom stereocenters. The molecule has 4 heteroatoms. The Morgan fingerprint density at radius 1 is 1.10 bits per heavy atom. The SMILES string of the molecule is CC12CC3CC(C)(C1)CC(c1ncc(C(=O)O)cn1)(C3)C2. The predicted molar refractivity (Wildman–Crippen MR) is 78.1 cm³/mol. The average molecular weight is 286 g/mol. The van der Waals surface area contributed by atoms with E-state index in [1.807, 2.05) is 0 Å². The number of aromatic carboxylic acids is 1. The predicted octanol–water partition coefficient (Wildman–Crippen LogP) is 3.42. The maximum absolute atomic E-state index is 11.0. The minimum absolute atomic E-state index is 0.0833. The topological polar surface area (TPSA) is 63.1 Å². The number of rotatable bonds is 2. The van der Waals surface area contributed by atoms with E-state index in [1.54, 1.807) is 0 Å². The molecule has 0 spiro atoms. The maximum Gasteiger partial charge on any atom is 0.338 e. The fourth-order valence-electron chi connectivity index (χ4n) is 6.41. The van der Waals surface area contributed by atoms with Gasteiger partial charge in [-0.15, -0.1) is 0 Å². The molecule has 0 radical (unpaired) electrons. The Kier molecular flexibility index (Phi) is 2.42. The Labute approximate surface area is 125 Å². The number of carboxylic acid groups (broad SMARTS) is 1. The van der Waals surface area contributed by atoms with E-state index in [0.717, 1.165) is 11.7 Å². The second-order valence-electron chi connectivity index (χ2n) is 8.51. The molecule has 5 rings (SSSR count). The molecule has 4 saturated carbocycles. The van der Waals surface area contributed by atoms with Crippen molar-refractivity contribution in [2.24, 2.45) is 16.7 Å². The van der Waals surface area contributed by atoms with Crippen molar-refractivity contribution in [2.75, 3.05) is 0 Å². The zero-order valence-corrected chi connectivity index (χ0v) is 12.7. The molecule has 1 aromatic heterocycles. The summed E-state index contributed by atoms with van der Waals surface area (Å²) in [7, 11) is 0. The molecule has 0 aromatic carbocycles. The molecule has 0 saturated heterocycles. The van der Waals surface area contributed by atoms with E-state index in [1.165, 1.54) is 50.9 Å². The lowest BCUT2D eigenvalue weighted by Crippen LogP contribution is -2.57. The Morgan fingerprint density at radius 3 is 2.14 bits per heavy atom. The molecule has 112 valence electrons. The summed E-state index contributed by atoms with van der Waals surface area (Å²) in [5.41, 5.74) is 1.10. The lowest BCUT2D eigenvalue weighted by Gasteiger charge is -2.64. The van der Waals surface area contributed by atoms with E-state index < -0.39 is 5.97 Å². The van der Waals surface area contributed by atoms with Crippen molar-refractivity contribution in [1.82, 2.24) is 9.97 Å². The third-order valence-corrected chi connectivity index (χ3v) is 6.00. The van der Waals surface area contributed by atoms with Crippen molar-refractivity contribution in [3.8, 4) is 0 Å². The first-order valence-electron chi connectivity index (χ1n) is 7.88. The van der Waals surface area contributed by atoms with Crippen molar-refractivity contribution in [3.63, 3.8) is 0 Å². The first kappa shape index (κ1) is 13.2. The molecule has 2 atom stereocenters.